The van der Waals surface area contributed by atoms with Crippen LogP contribution in [0.1, 0.15) is 34.5 Å². The second-order valence-electron chi connectivity index (χ2n) is 7.99. The van der Waals surface area contributed by atoms with E-state index in [1.807, 2.05) is 0 Å². The second-order valence-corrected chi connectivity index (χ2v) is 7.99. The number of hydrogen-bond acceptors (Lipinski definition) is 6. The molecule has 1 unspecified atom stereocenters. The number of pyridine rings is 1. The lowest BCUT2D eigenvalue weighted by molar-refractivity contribution is -0.153. The molecule has 1 aromatic carbocycles. The molecule has 1 fully saturated rings. The topological polar surface area (TPSA) is 86.8 Å². The van der Waals surface area contributed by atoms with Crippen LogP contribution < -0.4 is 10.5 Å². The Balaban J connectivity index is 1.52. The molecule has 0 bridgehead atoms. The number of amidine groups is 1. The van der Waals surface area contributed by atoms with Gasteiger partial charge in [0.2, 0.25) is 0 Å². The van der Waals surface area contributed by atoms with Gasteiger partial charge in [-0.3, -0.25) is 9.79 Å². The SMILES string of the molecule is NC1=NC(c2cc(CC(=O)c3ccc(OCC(F)(F)F)cn3)ccc2F)(C2CC2)COC1. The van der Waals surface area contributed by atoms with Gasteiger partial charge in [0.15, 0.2) is 12.4 Å². The highest BCUT2D eigenvalue weighted by Gasteiger charge is 2.49. The third-order valence-corrected chi connectivity index (χ3v) is 5.45. The highest BCUT2D eigenvalue weighted by molar-refractivity contribution is 5.95. The molecule has 170 valence electrons. The van der Waals surface area contributed by atoms with Gasteiger partial charge < -0.3 is 15.2 Å². The van der Waals surface area contributed by atoms with Crippen molar-refractivity contribution in [2.24, 2.45) is 16.6 Å². The lowest BCUT2D eigenvalue weighted by atomic mass is 9.84. The zero-order valence-corrected chi connectivity index (χ0v) is 17.0. The van der Waals surface area contributed by atoms with Crippen LogP contribution in [0, 0.1) is 11.7 Å². The van der Waals surface area contributed by atoms with Gasteiger partial charge >= 0.3 is 6.18 Å². The molecule has 6 nitrogen and oxygen atoms in total. The molecule has 0 radical (unpaired) electrons. The first kappa shape index (κ1) is 22.2. The third kappa shape index (κ3) is 4.90. The van der Waals surface area contributed by atoms with Crippen molar-refractivity contribution in [1.29, 1.82) is 0 Å². The molecule has 1 aliphatic carbocycles. The molecule has 10 heteroatoms. The van der Waals surface area contributed by atoms with E-state index in [4.69, 9.17) is 10.5 Å². The predicted molar refractivity (Wildman–Crippen MR) is 107 cm³/mol. The van der Waals surface area contributed by atoms with E-state index in [-0.39, 0.29) is 42.8 Å². The van der Waals surface area contributed by atoms with Crippen molar-refractivity contribution >= 4 is 11.6 Å². The Morgan fingerprint density at radius 1 is 1.25 bits per heavy atom. The number of nitrogens with two attached hydrogens (primary N) is 1. The van der Waals surface area contributed by atoms with E-state index in [2.05, 4.69) is 14.7 Å². The summed E-state index contributed by atoms with van der Waals surface area (Å²) in [5.74, 6) is -0.483. The van der Waals surface area contributed by atoms with Gasteiger partial charge in [0.25, 0.3) is 0 Å². The fraction of sp³-hybridized carbons (Fsp3) is 0.409. The molecule has 2 aromatic rings. The Morgan fingerprint density at radius 2 is 2.03 bits per heavy atom. The average Bonchev–Trinajstić information content (AvgIpc) is 3.59. The maximum absolute atomic E-state index is 14.8. The van der Waals surface area contributed by atoms with E-state index in [1.165, 1.54) is 24.3 Å². The van der Waals surface area contributed by atoms with Crippen LogP contribution in [0.2, 0.25) is 0 Å². The van der Waals surface area contributed by atoms with E-state index < -0.39 is 24.1 Å². The second kappa shape index (κ2) is 8.50. The summed E-state index contributed by atoms with van der Waals surface area (Å²) in [4.78, 5) is 21.1. The smallest absolute Gasteiger partial charge is 0.422 e. The molecular weight excluding hydrogens is 430 g/mol. The minimum Gasteiger partial charge on any atom is -0.483 e. The van der Waals surface area contributed by atoms with E-state index in [1.54, 1.807) is 6.07 Å². The number of carbonyl (C=O) groups is 1. The molecular formula is C22H21F4N3O3. The number of ketones is 1. The zero-order valence-electron chi connectivity index (χ0n) is 17.0. The van der Waals surface area contributed by atoms with Crippen molar-refractivity contribution in [3.63, 3.8) is 0 Å². The molecule has 4 rings (SSSR count). The van der Waals surface area contributed by atoms with Crippen LogP contribution >= 0.6 is 0 Å². The maximum atomic E-state index is 14.8. The summed E-state index contributed by atoms with van der Waals surface area (Å²) >= 11 is 0. The van der Waals surface area contributed by atoms with Crippen LogP contribution in [0.3, 0.4) is 0 Å². The Hall–Kier alpha value is -3.01. The van der Waals surface area contributed by atoms with Gasteiger partial charge in [-0.2, -0.15) is 13.2 Å². The summed E-state index contributed by atoms with van der Waals surface area (Å²) in [6.45, 7) is -1.03. The van der Waals surface area contributed by atoms with E-state index in [9.17, 15) is 22.4 Å². The molecule has 0 spiro atoms. The van der Waals surface area contributed by atoms with E-state index in [0.717, 1.165) is 19.0 Å². The van der Waals surface area contributed by atoms with Gasteiger partial charge in [-0.1, -0.05) is 6.07 Å². The normalized spacial score (nSPS) is 21.2. The molecule has 0 saturated heterocycles. The summed E-state index contributed by atoms with van der Waals surface area (Å²) in [5.41, 5.74) is 5.95. The monoisotopic (exact) mass is 451 g/mol. The minimum atomic E-state index is -4.47. The molecule has 1 aliphatic heterocycles. The number of ether oxygens (including phenoxy) is 2. The standard InChI is InChI=1S/C22H21F4N3O3/c23-17-5-1-13(7-16(17)21(14-2-3-14)11-31-10-20(27)29-21)8-19(30)18-6-4-15(9-28-18)32-12-22(24,25)26/h1,4-7,9,14H,2-3,8,10-12H2,(H2,27,29). The Morgan fingerprint density at radius 3 is 2.66 bits per heavy atom. The number of alkyl halides is 3. The first-order valence-electron chi connectivity index (χ1n) is 10.1. The number of aliphatic imine (C=N–C) groups is 1. The number of halogens is 4. The van der Waals surface area contributed by atoms with Gasteiger partial charge in [0.05, 0.1) is 12.8 Å². The Kier molecular flexibility index (Phi) is 5.89. The number of rotatable bonds is 7. The van der Waals surface area contributed by atoms with Gasteiger partial charge in [0.1, 0.15) is 35.2 Å². The number of carbonyl (C=O) groups excluding carboxylic acids is 1. The predicted octanol–water partition coefficient (Wildman–Crippen LogP) is 3.58. The summed E-state index contributed by atoms with van der Waals surface area (Å²) in [6, 6.07) is 6.96. The van der Waals surface area contributed by atoms with Gasteiger partial charge in [0, 0.05) is 12.0 Å². The van der Waals surface area contributed by atoms with Gasteiger partial charge in [-0.05, 0) is 48.6 Å². The molecule has 2 aliphatic rings. The van der Waals surface area contributed by atoms with Crippen molar-refractivity contribution in [1.82, 2.24) is 4.98 Å². The first-order chi connectivity index (χ1) is 15.2. The highest BCUT2D eigenvalue weighted by Crippen LogP contribution is 2.50. The van der Waals surface area contributed by atoms with Crippen LogP contribution in [0.5, 0.6) is 5.75 Å². The minimum absolute atomic E-state index is 0.0652. The van der Waals surface area contributed by atoms with Crippen LogP contribution in [0.25, 0.3) is 0 Å². The number of nitrogens with zero attached hydrogens (tertiary/aromatic N) is 2. The van der Waals surface area contributed by atoms with Crippen molar-refractivity contribution in [2.45, 2.75) is 31.0 Å². The quantitative estimate of drug-likeness (QED) is 0.514. The molecule has 0 amide bonds. The van der Waals surface area contributed by atoms with Crippen molar-refractivity contribution in [3.8, 4) is 5.75 Å². The van der Waals surface area contributed by atoms with Crippen molar-refractivity contribution in [2.75, 3.05) is 19.8 Å². The number of benzene rings is 1. The van der Waals surface area contributed by atoms with E-state index >= 15 is 0 Å². The molecule has 1 aromatic heterocycles. The molecule has 2 heterocycles. The van der Waals surface area contributed by atoms with Crippen LogP contribution in [0.15, 0.2) is 41.5 Å². The zero-order chi connectivity index (χ0) is 22.9. The first-order valence-corrected chi connectivity index (χ1v) is 10.1. The average molecular weight is 451 g/mol. The molecule has 2 N–H and O–H groups in total. The molecule has 1 atom stereocenters. The fourth-order valence-corrected chi connectivity index (χ4v) is 3.85. The largest absolute Gasteiger partial charge is 0.483 e. The summed E-state index contributed by atoms with van der Waals surface area (Å²) < 4.78 is 61.7. The van der Waals surface area contributed by atoms with Crippen LogP contribution in [-0.4, -0.2) is 42.6 Å². The lowest BCUT2D eigenvalue weighted by Crippen LogP contribution is -2.42. The lowest BCUT2D eigenvalue weighted by Gasteiger charge is -2.34. The number of hydrogen-bond donors (Lipinski definition) is 1. The van der Waals surface area contributed by atoms with Crippen molar-refractivity contribution in [3.05, 3.63) is 59.2 Å². The number of Topliss-reactive ketones (excluding diaryl/α,β-unsaturated/α-hetero) is 1. The van der Waals surface area contributed by atoms with Gasteiger partial charge in [-0.15, -0.1) is 0 Å². The maximum Gasteiger partial charge on any atom is 0.422 e. The van der Waals surface area contributed by atoms with Gasteiger partial charge in [-0.25, -0.2) is 9.37 Å². The number of aromatic nitrogens is 1. The Bertz CT molecular complexity index is 1040. The summed E-state index contributed by atoms with van der Waals surface area (Å²) in [5, 5.41) is 0. The highest BCUT2D eigenvalue weighted by atomic mass is 19.4. The summed E-state index contributed by atoms with van der Waals surface area (Å²) in [7, 11) is 0. The molecule has 1 saturated carbocycles. The summed E-state index contributed by atoms with van der Waals surface area (Å²) in [6.07, 6.45) is -1.70. The van der Waals surface area contributed by atoms with Crippen molar-refractivity contribution < 1.29 is 31.8 Å². The molecule has 32 heavy (non-hydrogen) atoms. The Labute approximate surface area is 181 Å². The fourth-order valence-electron chi connectivity index (χ4n) is 3.85. The van der Waals surface area contributed by atoms with Crippen LogP contribution in [0.4, 0.5) is 17.6 Å². The van der Waals surface area contributed by atoms with Crippen LogP contribution in [-0.2, 0) is 16.7 Å². The third-order valence-electron chi connectivity index (χ3n) is 5.45. The van der Waals surface area contributed by atoms with E-state index in [0.29, 0.717) is 17.0 Å².